The molecule has 0 saturated carbocycles. The van der Waals surface area contributed by atoms with E-state index in [0.717, 1.165) is 0 Å². The summed E-state index contributed by atoms with van der Waals surface area (Å²) in [6, 6.07) is -0.0800. The molecule has 1 aromatic rings. The van der Waals surface area contributed by atoms with Gasteiger partial charge >= 0.3 is 6.18 Å². The summed E-state index contributed by atoms with van der Waals surface area (Å²) in [5.41, 5.74) is -0.487. The van der Waals surface area contributed by atoms with E-state index in [-0.39, 0.29) is 11.1 Å². The lowest BCUT2D eigenvalue weighted by Crippen LogP contribution is -2.41. The van der Waals surface area contributed by atoms with Crippen LogP contribution >= 0.6 is 11.6 Å². The van der Waals surface area contributed by atoms with E-state index in [1.807, 2.05) is 0 Å². The smallest absolute Gasteiger partial charge is 0.164 e. The molecule has 1 N–H and O–H groups in total. The Hall–Kier alpha value is -0.710. The van der Waals surface area contributed by atoms with Crippen molar-refractivity contribution in [1.29, 1.82) is 0 Å². The summed E-state index contributed by atoms with van der Waals surface area (Å²) < 4.78 is 38.5. The Labute approximate surface area is 84.7 Å². The molecule has 0 atom stereocenters. The second-order valence-corrected chi connectivity index (χ2v) is 3.73. The van der Waals surface area contributed by atoms with Gasteiger partial charge in [-0.15, -0.1) is 4.68 Å². The van der Waals surface area contributed by atoms with Crippen LogP contribution in [0.4, 0.5) is 13.2 Å². The monoisotopic (exact) mass is 227 g/mol. The van der Waals surface area contributed by atoms with Gasteiger partial charge in [-0.2, -0.15) is 18.3 Å². The molecule has 1 aromatic heterocycles. The van der Waals surface area contributed by atoms with Crippen LogP contribution in [0.5, 0.6) is 0 Å². The van der Waals surface area contributed by atoms with Gasteiger partial charge in [0, 0.05) is 6.92 Å². The third-order valence-electron chi connectivity index (χ3n) is 1.93. The van der Waals surface area contributed by atoms with Crippen molar-refractivity contribution in [1.82, 2.24) is 5.10 Å². The van der Waals surface area contributed by atoms with Crippen molar-refractivity contribution in [2.45, 2.75) is 33.0 Å². The van der Waals surface area contributed by atoms with E-state index >= 15 is 0 Å². The number of halogens is 4. The molecular weight excluding hydrogens is 217 g/mol. The van der Waals surface area contributed by atoms with E-state index < -0.39 is 11.9 Å². The minimum atomic E-state index is -4.43. The van der Waals surface area contributed by atoms with E-state index in [4.69, 9.17) is 11.6 Å². The fraction of sp³-hybridized carbons (Fsp3) is 0.625. The number of rotatable bonds is 1. The summed E-state index contributed by atoms with van der Waals surface area (Å²) in [5.74, 6) is 0. The number of H-pyrrole nitrogens is 1. The molecule has 0 amide bonds. The maximum absolute atomic E-state index is 12.4. The van der Waals surface area contributed by atoms with Crippen molar-refractivity contribution in [3.8, 4) is 0 Å². The van der Waals surface area contributed by atoms with Crippen LogP contribution in [0.15, 0.2) is 0 Å². The second-order valence-electron chi connectivity index (χ2n) is 3.35. The SMILES string of the molecule is Cc1c(Cl)c(C(F)(F)F)[nH][n+]1C(C)C. The molecule has 0 aromatic carbocycles. The highest BCUT2D eigenvalue weighted by atomic mass is 35.5. The fourth-order valence-electron chi connectivity index (χ4n) is 1.24. The maximum atomic E-state index is 12.4. The number of hydrogen-bond donors (Lipinski definition) is 1. The Morgan fingerprint density at radius 1 is 1.36 bits per heavy atom. The van der Waals surface area contributed by atoms with Crippen LogP contribution in [0.2, 0.25) is 5.02 Å². The number of aromatic amines is 1. The lowest BCUT2D eigenvalue weighted by molar-refractivity contribution is -0.773. The van der Waals surface area contributed by atoms with Crippen LogP contribution in [-0.2, 0) is 6.18 Å². The van der Waals surface area contributed by atoms with Crippen LogP contribution in [0, 0.1) is 6.92 Å². The zero-order chi connectivity index (χ0) is 11.1. The molecule has 0 unspecified atom stereocenters. The Kier molecular flexibility index (Phi) is 2.81. The highest BCUT2D eigenvalue weighted by molar-refractivity contribution is 6.31. The molecule has 80 valence electrons. The van der Waals surface area contributed by atoms with Crippen LogP contribution in [-0.4, -0.2) is 5.10 Å². The second kappa shape index (κ2) is 3.46. The summed E-state index contributed by atoms with van der Waals surface area (Å²) in [7, 11) is 0. The van der Waals surface area contributed by atoms with Crippen LogP contribution < -0.4 is 4.68 Å². The van der Waals surface area contributed by atoms with E-state index in [9.17, 15) is 13.2 Å². The van der Waals surface area contributed by atoms with Gasteiger partial charge in [0.1, 0.15) is 5.02 Å². The third-order valence-corrected chi connectivity index (χ3v) is 2.39. The number of nitrogens with zero attached hydrogens (tertiary/aromatic N) is 1. The van der Waals surface area contributed by atoms with Crippen LogP contribution in [0.25, 0.3) is 0 Å². The molecule has 0 spiro atoms. The quantitative estimate of drug-likeness (QED) is 0.712. The van der Waals surface area contributed by atoms with Gasteiger partial charge in [-0.1, -0.05) is 11.6 Å². The molecule has 0 saturated heterocycles. The Balaban J connectivity index is 3.29. The first-order valence-electron chi connectivity index (χ1n) is 4.12. The fourth-order valence-corrected chi connectivity index (χ4v) is 1.48. The van der Waals surface area contributed by atoms with Gasteiger partial charge in [0.15, 0.2) is 6.04 Å². The van der Waals surface area contributed by atoms with Crippen molar-refractivity contribution in [3.05, 3.63) is 16.4 Å². The van der Waals surface area contributed by atoms with Gasteiger partial charge in [0.2, 0.25) is 11.4 Å². The molecule has 0 radical (unpaired) electrons. The predicted octanol–water partition coefficient (Wildman–Crippen LogP) is 2.86. The van der Waals surface area contributed by atoms with Gasteiger partial charge in [0.25, 0.3) is 0 Å². The van der Waals surface area contributed by atoms with Crippen LogP contribution in [0.3, 0.4) is 0 Å². The summed E-state index contributed by atoms with van der Waals surface area (Å²) >= 11 is 5.57. The first-order valence-corrected chi connectivity index (χ1v) is 4.49. The largest absolute Gasteiger partial charge is 0.438 e. The van der Waals surface area contributed by atoms with E-state index in [2.05, 4.69) is 5.10 Å². The Morgan fingerprint density at radius 2 is 1.86 bits per heavy atom. The first-order chi connectivity index (χ1) is 6.25. The number of nitrogens with one attached hydrogen (secondary N) is 1. The number of hydrogen-bond acceptors (Lipinski definition) is 0. The predicted molar refractivity (Wildman–Crippen MR) is 46.1 cm³/mol. The van der Waals surface area contributed by atoms with Gasteiger partial charge in [-0.3, -0.25) is 0 Å². The molecule has 14 heavy (non-hydrogen) atoms. The maximum Gasteiger partial charge on any atom is 0.438 e. The number of aromatic nitrogens is 2. The highest BCUT2D eigenvalue weighted by Crippen LogP contribution is 2.33. The topological polar surface area (TPSA) is 19.7 Å². The van der Waals surface area contributed by atoms with E-state index in [0.29, 0.717) is 5.69 Å². The average Bonchev–Trinajstić information content (AvgIpc) is 2.28. The minimum absolute atomic E-state index is 0.0800. The molecule has 2 nitrogen and oxygen atoms in total. The molecular formula is C8H11ClF3N2+. The standard InChI is InChI=1S/C8H10ClF3N2/c1-4(2)14-5(3)6(9)7(13-14)8(10,11)12/h4H,1-3H3/p+1. The van der Waals surface area contributed by atoms with Gasteiger partial charge in [0.05, 0.1) is 0 Å². The van der Waals surface area contributed by atoms with Crippen molar-refractivity contribution in [3.63, 3.8) is 0 Å². The zero-order valence-electron chi connectivity index (χ0n) is 8.04. The third kappa shape index (κ3) is 1.87. The average molecular weight is 228 g/mol. The molecule has 0 aliphatic rings. The van der Waals surface area contributed by atoms with E-state index in [1.165, 1.54) is 4.68 Å². The molecule has 6 heteroatoms. The molecule has 0 bridgehead atoms. The molecule has 0 aliphatic heterocycles. The molecule has 0 fully saturated rings. The van der Waals surface area contributed by atoms with Crippen molar-refractivity contribution >= 4 is 11.6 Å². The van der Waals surface area contributed by atoms with E-state index in [1.54, 1.807) is 20.8 Å². The summed E-state index contributed by atoms with van der Waals surface area (Å²) in [4.78, 5) is 0. The van der Waals surface area contributed by atoms with Gasteiger partial charge in [-0.05, 0) is 13.8 Å². The van der Waals surface area contributed by atoms with Crippen molar-refractivity contribution in [2.24, 2.45) is 0 Å². The van der Waals surface area contributed by atoms with Crippen LogP contribution in [0.1, 0.15) is 31.3 Å². The first kappa shape index (κ1) is 11.4. The summed E-state index contributed by atoms with van der Waals surface area (Å²) in [5, 5.41) is 1.99. The van der Waals surface area contributed by atoms with Crippen molar-refractivity contribution in [2.75, 3.05) is 0 Å². The van der Waals surface area contributed by atoms with Crippen molar-refractivity contribution < 1.29 is 17.9 Å². The Morgan fingerprint density at radius 3 is 2.07 bits per heavy atom. The lowest BCUT2D eigenvalue weighted by Gasteiger charge is -2.00. The Bertz CT molecular complexity index is 341. The summed E-state index contributed by atoms with van der Waals surface area (Å²) in [6.45, 7) is 5.11. The summed E-state index contributed by atoms with van der Waals surface area (Å²) in [6.07, 6.45) is -4.43. The number of alkyl halides is 3. The van der Waals surface area contributed by atoms with Gasteiger partial charge < -0.3 is 0 Å². The molecule has 1 heterocycles. The highest BCUT2D eigenvalue weighted by Gasteiger charge is 2.40. The lowest BCUT2D eigenvalue weighted by atomic mass is 10.3. The zero-order valence-corrected chi connectivity index (χ0v) is 8.79. The van der Waals surface area contributed by atoms with Gasteiger partial charge in [-0.25, -0.2) is 0 Å². The minimum Gasteiger partial charge on any atom is -0.164 e. The molecule has 1 rings (SSSR count). The molecule has 0 aliphatic carbocycles. The normalized spacial score (nSPS) is 12.6.